The third-order valence-corrected chi connectivity index (χ3v) is 2.79. The van der Waals surface area contributed by atoms with Gasteiger partial charge in [-0.15, -0.1) is 0 Å². The van der Waals surface area contributed by atoms with Crippen LogP contribution in [-0.2, 0) is 0 Å². The second kappa shape index (κ2) is 3.70. The van der Waals surface area contributed by atoms with E-state index in [0.717, 1.165) is 28.5 Å². The number of hydrogen-bond acceptors (Lipinski definition) is 3. The number of hydrazine groups is 1. The van der Waals surface area contributed by atoms with E-state index in [9.17, 15) is 0 Å². The van der Waals surface area contributed by atoms with Gasteiger partial charge in [0.15, 0.2) is 0 Å². The molecule has 4 heteroatoms. The zero-order chi connectivity index (χ0) is 11.0. The van der Waals surface area contributed by atoms with Gasteiger partial charge in [-0.2, -0.15) is 0 Å². The predicted octanol–water partition coefficient (Wildman–Crippen LogP) is 1.58. The van der Waals surface area contributed by atoms with Crippen LogP contribution < -0.4 is 11.3 Å². The summed E-state index contributed by atoms with van der Waals surface area (Å²) in [4.78, 5) is 4.53. The van der Waals surface area contributed by atoms with Crippen LogP contribution in [-0.4, -0.2) is 11.9 Å². The van der Waals surface area contributed by atoms with Crippen molar-refractivity contribution < 1.29 is 4.42 Å². The molecule has 0 aliphatic heterocycles. The average Bonchev–Trinajstić information content (AvgIpc) is 2.96. The lowest BCUT2D eigenvalue weighted by atomic mass is 10.1. The molecule has 0 radical (unpaired) electrons. The van der Waals surface area contributed by atoms with Gasteiger partial charge < -0.3 is 9.84 Å². The molecule has 1 saturated carbocycles. The van der Waals surface area contributed by atoms with Crippen LogP contribution in [0.15, 0.2) is 9.41 Å². The average molecular weight is 207 g/mol. The molecule has 0 unspecified atom stereocenters. The van der Waals surface area contributed by atoms with Crippen molar-refractivity contribution in [2.45, 2.75) is 39.7 Å². The first-order valence-electron chi connectivity index (χ1n) is 5.25. The summed E-state index contributed by atoms with van der Waals surface area (Å²) in [5.41, 5.74) is 4.81. The van der Waals surface area contributed by atoms with Crippen molar-refractivity contribution in [3.8, 4) is 0 Å². The molecule has 3 N–H and O–H groups in total. The molecule has 0 atom stereocenters. The molecule has 1 heterocycles. The zero-order valence-corrected chi connectivity index (χ0v) is 9.42. The number of rotatable bonds is 2. The fraction of sp³-hybridized carbons (Fsp3) is 0.545. The molecule has 1 aliphatic rings. The number of hydrogen-bond donors (Lipinski definition) is 2. The molecule has 1 fully saturated rings. The van der Waals surface area contributed by atoms with Crippen molar-refractivity contribution in [1.82, 2.24) is 5.43 Å². The second-order valence-corrected chi connectivity index (χ2v) is 4.07. The summed E-state index contributed by atoms with van der Waals surface area (Å²) >= 11 is 0. The highest BCUT2D eigenvalue weighted by atomic mass is 16.3. The number of nitrogens with two attached hydrogens (primary N) is 1. The fourth-order valence-electron chi connectivity index (χ4n) is 1.70. The van der Waals surface area contributed by atoms with E-state index in [1.165, 1.54) is 12.8 Å². The van der Waals surface area contributed by atoms with E-state index in [1.54, 1.807) is 0 Å². The van der Waals surface area contributed by atoms with Crippen LogP contribution in [0.4, 0.5) is 0 Å². The van der Waals surface area contributed by atoms with Gasteiger partial charge in [0.2, 0.25) is 0 Å². The van der Waals surface area contributed by atoms with E-state index in [-0.39, 0.29) is 0 Å². The maximum absolute atomic E-state index is 5.55. The minimum atomic E-state index is 0.449. The van der Waals surface area contributed by atoms with Gasteiger partial charge in [0.05, 0.1) is 11.6 Å². The molecule has 0 amide bonds. The summed E-state index contributed by atoms with van der Waals surface area (Å²) in [7, 11) is 0. The highest BCUT2D eigenvalue weighted by Gasteiger charge is 2.23. The van der Waals surface area contributed by atoms with Crippen LogP contribution in [0.1, 0.15) is 35.5 Å². The van der Waals surface area contributed by atoms with Crippen molar-refractivity contribution in [2.75, 3.05) is 0 Å². The molecule has 0 aromatic carbocycles. The van der Waals surface area contributed by atoms with Crippen LogP contribution in [0.3, 0.4) is 0 Å². The minimum absolute atomic E-state index is 0.449. The van der Waals surface area contributed by atoms with Gasteiger partial charge >= 0.3 is 0 Å². The molecule has 0 spiro atoms. The summed E-state index contributed by atoms with van der Waals surface area (Å²) in [6, 6.07) is 0.449. The van der Waals surface area contributed by atoms with E-state index in [2.05, 4.69) is 10.4 Å². The summed E-state index contributed by atoms with van der Waals surface area (Å²) in [5, 5.41) is 0. The van der Waals surface area contributed by atoms with Crippen molar-refractivity contribution in [1.29, 1.82) is 0 Å². The SMILES string of the molecule is Cc1oc(C)c(C(=NC2CC2)NN)c1C. The van der Waals surface area contributed by atoms with Crippen LogP contribution in [0.25, 0.3) is 0 Å². The molecule has 1 aromatic rings. The smallest absolute Gasteiger partial charge is 0.146 e. The zero-order valence-electron chi connectivity index (χ0n) is 9.42. The highest BCUT2D eigenvalue weighted by Crippen LogP contribution is 2.26. The predicted molar refractivity (Wildman–Crippen MR) is 59.8 cm³/mol. The summed E-state index contributed by atoms with van der Waals surface area (Å²) < 4.78 is 5.55. The lowest BCUT2D eigenvalue weighted by molar-refractivity contribution is 0.502. The Balaban J connectivity index is 2.41. The Bertz CT molecular complexity index is 402. The summed E-state index contributed by atoms with van der Waals surface area (Å²) in [5.74, 6) is 8.07. The normalized spacial score (nSPS) is 16.9. The quantitative estimate of drug-likeness (QED) is 0.335. The Morgan fingerprint density at radius 2 is 2.00 bits per heavy atom. The van der Waals surface area contributed by atoms with Gasteiger partial charge in [-0.05, 0) is 33.6 Å². The number of aliphatic imine (C=N–C) groups is 1. The molecule has 0 saturated heterocycles. The second-order valence-electron chi connectivity index (χ2n) is 4.07. The Morgan fingerprint density at radius 3 is 2.40 bits per heavy atom. The van der Waals surface area contributed by atoms with E-state index >= 15 is 0 Å². The summed E-state index contributed by atoms with van der Waals surface area (Å²) in [6.07, 6.45) is 2.33. The molecule has 2 rings (SSSR count). The van der Waals surface area contributed by atoms with Gasteiger partial charge in [-0.3, -0.25) is 4.99 Å². The van der Waals surface area contributed by atoms with E-state index in [0.29, 0.717) is 6.04 Å². The standard InChI is InChI=1S/C11H17N3O/c1-6-7(2)15-8(3)10(6)11(14-12)13-9-4-5-9/h9H,4-5,12H2,1-3H3,(H,13,14). The molecule has 1 aliphatic carbocycles. The molecular weight excluding hydrogens is 190 g/mol. The minimum Gasteiger partial charge on any atom is -0.466 e. The first-order valence-corrected chi connectivity index (χ1v) is 5.25. The number of aryl methyl sites for hydroxylation is 2. The Hall–Kier alpha value is -1.29. The first kappa shape index (κ1) is 10.2. The molecule has 0 bridgehead atoms. The number of amidine groups is 1. The van der Waals surface area contributed by atoms with Crippen molar-refractivity contribution in [3.63, 3.8) is 0 Å². The number of furan rings is 1. The van der Waals surface area contributed by atoms with Gasteiger partial charge in [0.1, 0.15) is 17.4 Å². The van der Waals surface area contributed by atoms with Crippen molar-refractivity contribution >= 4 is 5.84 Å². The third-order valence-electron chi connectivity index (χ3n) is 2.79. The molecule has 82 valence electrons. The van der Waals surface area contributed by atoms with Crippen LogP contribution >= 0.6 is 0 Å². The van der Waals surface area contributed by atoms with Crippen LogP contribution in [0, 0.1) is 20.8 Å². The lowest BCUT2D eigenvalue weighted by Gasteiger charge is -2.05. The lowest BCUT2D eigenvalue weighted by Crippen LogP contribution is -2.32. The van der Waals surface area contributed by atoms with E-state index in [4.69, 9.17) is 10.3 Å². The fourth-order valence-corrected chi connectivity index (χ4v) is 1.70. The maximum Gasteiger partial charge on any atom is 0.146 e. The topological polar surface area (TPSA) is 63.5 Å². The first-order chi connectivity index (χ1) is 7.13. The monoisotopic (exact) mass is 207 g/mol. The molecule has 4 nitrogen and oxygen atoms in total. The maximum atomic E-state index is 5.55. The number of nitrogens with one attached hydrogen (secondary N) is 1. The Labute approximate surface area is 89.5 Å². The Kier molecular flexibility index (Phi) is 2.52. The number of nitrogens with zero attached hydrogens (tertiary/aromatic N) is 1. The van der Waals surface area contributed by atoms with Crippen molar-refractivity contribution in [2.24, 2.45) is 10.8 Å². The van der Waals surface area contributed by atoms with E-state index in [1.807, 2.05) is 20.8 Å². The van der Waals surface area contributed by atoms with Gasteiger partial charge in [0, 0.05) is 5.56 Å². The van der Waals surface area contributed by atoms with Crippen LogP contribution in [0.5, 0.6) is 0 Å². The summed E-state index contributed by atoms with van der Waals surface area (Å²) in [6.45, 7) is 5.92. The van der Waals surface area contributed by atoms with E-state index < -0.39 is 0 Å². The van der Waals surface area contributed by atoms with Gasteiger partial charge in [0.25, 0.3) is 0 Å². The highest BCUT2D eigenvalue weighted by molar-refractivity contribution is 6.00. The molecular formula is C11H17N3O. The third kappa shape index (κ3) is 1.90. The van der Waals surface area contributed by atoms with Crippen LogP contribution in [0.2, 0.25) is 0 Å². The molecule has 1 aromatic heterocycles. The van der Waals surface area contributed by atoms with Crippen molar-refractivity contribution in [3.05, 3.63) is 22.6 Å². The molecule has 15 heavy (non-hydrogen) atoms. The Morgan fingerprint density at radius 1 is 1.33 bits per heavy atom. The largest absolute Gasteiger partial charge is 0.466 e. The van der Waals surface area contributed by atoms with Gasteiger partial charge in [-0.25, -0.2) is 5.84 Å². The van der Waals surface area contributed by atoms with Gasteiger partial charge in [-0.1, -0.05) is 0 Å².